The Morgan fingerprint density at radius 2 is 1.96 bits per heavy atom. The van der Waals surface area contributed by atoms with Crippen LogP contribution in [0.3, 0.4) is 0 Å². The van der Waals surface area contributed by atoms with Crippen LogP contribution in [-0.4, -0.2) is 63.5 Å². The van der Waals surface area contributed by atoms with Crippen LogP contribution >= 0.6 is 0 Å². The van der Waals surface area contributed by atoms with E-state index in [1.807, 2.05) is 24.6 Å². The zero-order chi connectivity index (χ0) is 17.8. The fraction of sp³-hybridized carbons (Fsp3) is 0.611. The number of nitrogens with one attached hydrogen (secondary N) is 1. The molecule has 0 radical (unpaired) electrons. The molecule has 2 aromatic rings. The molecule has 0 spiro atoms. The van der Waals surface area contributed by atoms with Crippen molar-refractivity contribution >= 4 is 5.82 Å². The van der Waals surface area contributed by atoms with Crippen LogP contribution < -0.4 is 5.32 Å². The quantitative estimate of drug-likeness (QED) is 0.865. The van der Waals surface area contributed by atoms with Gasteiger partial charge in [-0.3, -0.25) is 9.88 Å². The predicted molar refractivity (Wildman–Crippen MR) is 98.1 cm³/mol. The first-order valence-electron chi connectivity index (χ1n) is 8.96. The lowest BCUT2D eigenvalue weighted by Crippen LogP contribution is -2.49. The lowest BCUT2D eigenvalue weighted by Gasteiger charge is -2.37. The molecule has 0 aliphatic carbocycles. The van der Waals surface area contributed by atoms with Crippen molar-refractivity contribution in [2.75, 3.05) is 38.2 Å². The second-order valence-corrected chi connectivity index (χ2v) is 6.94. The van der Waals surface area contributed by atoms with Crippen molar-refractivity contribution in [3.8, 4) is 5.82 Å². The topological polar surface area (TPSA) is 68.1 Å². The van der Waals surface area contributed by atoms with E-state index in [2.05, 4.69) is 39.1 Å². The molecule has 0 bridgehead atoms. The van der Waals surface area contributed by atoms with E-state index in [0.717, 1.165) is 55.9 Å². The molecule has 136 valence electrons. The Balaban J connectivity index is 1.70. The van der Waals surface area contributed by atoms with Gasteiger partial charge in [0.25, 0.3) is 0 Å². The Bertz CT molecular complexity index is 693. The maximum atomic E-state index is 5.48. The fourth-order valence-electron chi connectivity index (χ4n) is 3.31. The zero-order valence-corrected chi connectivity index (χ0v) is 15.6. The van der Waals surface area contributed by atoms with Crippen molar-refractivity contribution in [2.45, 2.75) is 33.7 Å². The summed E-state index contributed by atoms with van der Waals surface area (Å²) in [6, 6.07) is 2.48. The van der Waals surface area contributed by atoms with Gasteiger partial charge in [0.2, 0.25) is 0 Å². The summed E-state index contributed by atoms with van der Waals surface area (Å²) in [5.41, 5.74) is 2.03. The minimum Gasteiger partial charge on any atom is -0.379 e. The van der Waals surface area contributed by atoms with Gasteiger partial charge in [0.05, 0.1) is 31.3 Å². The third-order valence-corrected chi connectivity index (χ3v) is 4.62. The molecule has 1 atom stereocenters. The largest absolute Gasteiger partial charge is 0.379 e. The third-order valence-electron chi connectivity index (χ3n) is 4.62. The number of aryl methyl sites for hydroxylation is 2. The van der Waals surface area contributed by atoms with E-state index >= 15 is 0 Å². The fourth-order valence-corrected chi connectivity index (χ4v) is 3.31. The highest BCUT2D eigenvalue weighted by molar-refractivity contribution is 5.36. The van der Waals surface area contributed by atoms with Crippen molar-refractivity contribution in [3.63, 3.8) is 0 Å². The molecule has 1 saturated heterocycles. The van der Waals surface area contributed by atoms with E-state index in [4.69, 9.17) is 4.74 Å². The molecule has 1 N–H and O–H groups in total. The van der Waals surface area contributed by atoms with Gasteiger partial charge >= 0.3 is 0 Å². The van der Waals surface area contributed by atoms with Crippen LogP contribution in [0, 0.1) is 19.8 Å². The number of anilines is 1. The molecule has 1 unspecified atom stereocenters. The Morgan fingerprint density at radius 1 is 1.20 bits per heavy atom. The van der Waals surface area contributed by atoms with Crippen molar-refractivity contribution in [1.82, 2.24) is 24.6 Å². The summed E-state index contributed by atoms with van der Waals surface area (Å²) in [5, 5.41) is 7.95. The highest BCUT2D eigenvalue weighted by Crippen LogP contribution is 2.15. The molecule has 1 aliphatic rings. The molecule has 1 fully saturated rings. The van der Waals surface area contributed by atoms with Gasteiger partial charge in [-0.05, 0) is 25.8 Å². The molecule has 7 heteroatoms. The number of nitrogens with zero attached hydrogens (tertiary/aromatic N) is 5. The summed E-state index contributed by atoms with van der Waals surface area (Å²) in [5.74, 6) is 2.07. The summed E-state index contributed by atoms with van der Waals surface area (Å²) >= 11 is 0. The molecular weight excluding hydrogens is 316 g/mol. The number of rotatable bonds is 6. The third kappa shape index (κ3) is 4.35. The first-order valence-corrected chi connectivity index (χ1v) is 8.96. The lowest BCUT2D eigenvalue weighted by molar-refractivity contribution is 0.00953. The minimum atomic E-state index is 0.447. The molecule has 0 saturated carbocycles. The van der Waals surface area contributed by atoms with Crippen molar-refractivity contribution in [1.29, 1.82) is 0 Å². The summed E-state index contributed by atoms with van der Waals surface area (Å²) in [7, 11) is 0. The van der Waals surface area contributed by atoms with Crippen LogP contribution in [0.4, 0.5) is 5.82 Å². The van der Waals surface area contributed by atoms with Crippen molar-refractivity contribution < 1.29 is 4.74 Å². The van der Waals surface area contributed by atoms with Gasteiger partial charge in [-0.1, -0.05) is 13.8 Å². The predicted octanol–water partition coefficient (Wildman–Crippen LogP) is 2.05. The van der Waals surface area contributed by atoms with Gasteiger partial charge in [0.15, 0.2) is 5.82 Å². The number of hydrogen-bond donors (Lipinski definition) is 1. The number of hydrogen-bond acceptors (Lipinski definition) is 6. The van der Waals surface area contributed by atoms with E-state index in [1.54, 1.807) is 12.4 Å². The number of ether oxygens (including phenoxy) is 1. The Morgan fingerprint density at radius 3 is 2.60 bits per heavy atom. The van der Waals surface area contributed by atoms with Crippen LogP contribution in [-0.2, 0) is 4.74 Å². The number of morpholine rings is 1. The molecule has 3 rings (SSSR count). The highest BCUT2D eigenvalue weighted by Gasteiger charge is 2.23. The Hall–Kier alpha value is -1.99. The van der Waals surface area contributed by atoms with E-state index in [0.29, 0.717) is 12.0 Å². The van der Waals surface area contributed by atoms with Crippen LogP contribution in [0.5, 0.6) is 0 Å². The summed E-state index contributed by atoms with van der Waals surface area (Å²) in [6.45, 7) is 13.0. The smallest absolute Gasteiger partial charge is 0.174 e. The van der Waals surface area contributed by atoms with Crippen LogP contribution in [0.15, 0.2) is 18.5 Å². The summed E-state index contributed by atoms with van der Waals surface area (Å²) in [6.07, 6.45) is 3.51. The van der Waals surface area contributed by atoms with E-state index in [1.165, 1.54) is 0 Å². The minimum absolute atomic E-state index is 0.447. The second kappa shape index (κ2) is 7.93. The van der Waals surface area contributed by atoms with Gasteiger partial charge < -0.3 is 10.1 Å². The highest BCUT2D eigenvalue weighted by atomic mass is 16.5. The van der Waals surface area contributed by atoms with Crippen molar-refractivity contribution in [2.24, 2.45) is 5.92 Å². The van der Waals surface area contributed by atoms with Gasteiger partial charge in [0.1, 0.15) is 5.82 Å². The summed E-state index contributed by atoms with van der Waals surface area (Å²) in [4.78, 5) is 11.5. The Labute approximate surface area is 149 Å². The average Bonchev–Trinajstić information content (AvgIpc) is 2.94. The van der Waals surface area contributed by atoms with Gasteiger partial charge in [0, 0.05) is 31.4 Å². The SMILES string of the molecule is Cc1cc(C)n(-c2cncc(NCC(C(C)C)N3CCOCC3)n2)n1. The second-order valence-electron chi connectivity index (χ2n) is 6.94. The first-order chi connectivity index (χ1) is 12.0. The van der Waals surface area contributed by atoms with Crippen LogP contribution in [0.1, 0.15) is 25.2 Å². The molecule has 25 heavy (non-hydrogen) atoms. The molecule has 3 heterocycles. The van der Waals surface area contributed by atoms with E-state index < -0.39 is 0 Å². The molecule has 1 aliphatic heterocycles. The van der Waals surface area contributed by atoms with Crippen LogP contribution in [0.2, 0.25) is 0 Å². The standard InChI is InChI=1S/C18H28N6O/c1-13(2)16(23-5-7-25-8-6-23)10-20-17-11-19-12-18(21-17)24-15(4)9-14(3)22-24/h9,11-13,16H,5-8,10H2,1-4H3,(H,20,21). The van der Waals surface area contributed by atoms with E-state index in [-0.39, 0.29) is 0 Å². The molecule has 0 amide bonds. The zero-order valence-electron chi connectivity index (χ0n) is 15.6. The first kappa shape index (κ1) is 17.8. The maximum Gasteiger partial charge on any atom is 0.174 e. The van der Waals surface area contributed by atoms with Gasteiger partial charge in [-0.25, -0.2) is 9.67 Å². The molecule has 7 nitrogen and oxygen atoms in total. The van der Waals surface area contributed by atoms with Crippen molar-refractivity contribution in [3.05, 3.63) is 29.8 Å². The Kier molecular flexibility index (Phi) is 5.65. The molecule has 0 aromatic carbocycles. The molecular formula is C18H28N6O. The van der Waals surface area contributed by atoms with Gasteiger partial charge in [-0.15, -0.1) is 0 Å². The van der Waals surface area contributed by atoms with Crippen LogP contribution in [0.25, 0.3) is 5.82 Å². The van der Waals surface area contributed by atoms with E-state index in [9.17, 15) is 0 Å². The average molecular weight is 344 g/mol. The van der Waals surface area contributed by atoms with Gasteiger partial charge in [-0.2, -0.15) is 5.10 Å². The maximum absolute atomic E-state index is 5.48. The summed E-state index contributed by atoms with van der Waals surface area (Å²) < 4.78 is 7.30. The normalized spacial score (nSPS) is 17.0. The monoisotopic (exact) mass is 344 g/mol. The number of aromatic nitrogens is 4. The molecule has 2 aromatic heterocycles. The lowest BCUT2D eigenvalue weighted by atomic mass is 10.0.